The lowest BCUT2D eigenvalue weighted by molar-refractivity contribution is 0.1000. The number of nitrogens with two attached hydrogens (primary N) is 2. The van der Waals surface area contributed by atoms with E-state index in [9.17, 15) is 13.2 Å². The van der Waals surface area contributed by atoms with Crippen LogP contribution in [0.3, 0.4) is 0 Å². The molecule has 2 aromatic rings. The summed E-state index contributed by atoms with van der Waals surface area (Å²) in [6.07, 6.45) is 1.08. The van der Waals surface area contributed by atoms with Crippen molar-refractivity contribution in [2.45, 2.75) is 11.4 Å². The van der Waals surface area contributed by atoms with E-state index in [1.54, 1.807) is 0 Å². The molecular weight excluding hydrogens is 286 g/mol. The van der Waals surface area contributed by atoms with Crippen LogP contribution in [0.25, 0.3) is 0 Å². The topological polar surface area (TPSA) is 154 Å². The summed E-state index contributed by atoms with van der Waals surface area (Å²) in [5.74, 6) is -0.513. The van der Waals surface area contributed by atoms with Crippen LogP contribution < -0.4 is 16.2 Å². The molecule has 106 valence electrons. The first-order chi connectivity index (χ1) is 9.40. The van der Waals surface area contributed by atoms with Gasteiger partial charge >= 0.3 is 0 Å². The first-order valence-electron chi connectivity index (χ1n) is 5.34. The lowest BCUT2D eigenvalue weighted by Gasteiger charge is -2.08. The van der Waals surface area contributed by atoms with E-state index < -0.39 is 15.9 Å². The number of amides is 1. The molecule has 10 heteroatoms. The zero-order valence-electron chi connectivity index (χ0n) is 10.1. The zero-order valence-corrected chi connectivity index (χ0v) is 10.9. The molecule has 1 amide bonds. The monoisotopic (exact) mass is 297 g/mol. The Hall–Kier alpha value is -2.46. The molecule has 5 N–H and O–H groups in total. The van der Waals surface area contributed by atoms with Gasteiger partial charge in [0.1, 0.15) is 4.90 Å². The summed E-state index contributed by atoms with van der Waals surface area (Å²) in [7, 11) is -3.86. The lowest BCUT2D eigenvalue weighted by Crippen LogP contribution is -2.25. The molecule has 1 heterocycles. The van der Waals surface area contributed by atoms with E-state index in [4.69, 9.17) is 11.5 Å². The minimum Gasteiger partial charge on any atom is -0.398 e. The maximum atomic E-state index is 12.0. The number of sulfonamides is 1. The van der Waals surface area contributed by atoms with Crippen molar-refractivity contribution in [3.05, 3.63) is 36.0 Å². The first kappa shape index (κ1) is 14.0. The molecule has 0 aliphatic rings. The Labute approximate surface area is 114 Å². The Morgan fingerprint density at radius 1 is 1.40 bits per heavy atom. The number of hydrogen-bond acceptors (Lipinski definition) is 7. The summed E-state index contributed by atoms with van der Waals surface area (Å²) >= 11 is 0. The van der Waals surface area contributed by atoms with Crippen LogP contribution in [0.4, 0.5) is 5.69 Å². The third-order valence-corrected chi connectivity index (χ3v) is 3.89. The molecule has 1 aromatic carbocycles. The summed E-state index contributed by atoms with van der Waals surface area (Å²) in [5, 5.41) is 3.47. The van der Waals surface area contributed by atoms with E-state index in [1.807, 2.05) is 0 Å². The SMILES string of the molecule is NC(=O)c1ccc(S(=O)(=O)NCc2ncon2)c(N)c1. The molecule has 2 rings (SSSR count). The molecule has 0 atom stereocenters. The van der Waals surface area contributed by atoms with Gasteiger partial charge in [-0.1, -0.05) is 5.16 Å². The highest BCUT2D eigenvalue weighted by Crippen LogP contribution is 2.19. The molecule has 1 aromatic heterocycles. The van der Waals surface area contributed by atoms with Gasteiger partial charge in [0.25, 0.3) is 0 Å². The largest absolute Gasteiger partial charge is 0.398 e. The highest BCUT2D eigenvalue weighted by molar-refractivity contribution is 7.89. The fraction of sp³-hybridized carbons (Fsp3) is 0.100. The zero-order chi connectivity index (χ0) is 14.8. The van der Waals surface area contributed by atoms with Crippen LogP contribution in [-0.4, -0.2) is 24.5 Å². The summed E-state index contributed by atoms with van der Waals surface area (Å²) in [4.78, 5) is 14.5. The molecular formula is C10H11N5O4S. The molecule has 0 bridgehead atoms. The van der Waals surface area contributed by atoms with Crippen molar-refractivity contribution in [1.29, 1.82) is 0 Å². The van der Waals surface area contributed by atoms with E-state index in [0.29, 0.717) is 0 Å². The van der Waals surface area contributed by atoms with Crippen LogP contribution in [0.2, 0.25) is 0 Å². The van der Waals surface area contributed by atoms with Gasteiger partial charge in [0.15, 0.2) is 5.82 Å². The van der Waals surface area contributed by atoms with Crippen LogP contribution in [0.15, 0.2) is 34.0 Å². The number of anilines is 1. The second kappa shape index (κ2) is 5.27. The Morgan fingerprint density at radius 3 is 2.70 bits per heavy atom. The van der Waals surface area contributed by atoms with E-state index in [0.717, 1.165) is 6.39 Å². The normalized spacial score (nSPS) is 11.4. The number of hydrogen-bond donors (Lipinski definition) is 3. The molecule has 0 unspecified atom stereocenters. The smallest absolute Gasteiger partial charge is 0.248 e. The van der Waals surface area contributed by atoms with Crippen molar-refractivity contribution in [2.75, 3.05) is 5.73 Å². The predicted molar refractivity (Wildman–Crippen MR) is 67.7 cm³/mol. The third kappa shape index (κ3) is 2.92. The number of nitrogen functional groups attached to an aromatic ring is 1. The van der Waals surface area contributed by atoms with Gasteiger partial charge in [-0.15, -0.1) is 0 Å². The number of aromatic nitrogens is 2. The molecule has 0 radical (unpaired) electrons. The Morgan fingerprint density at radius 2 is 2.15 bits per heavy atom. The van der Waals surface area contributed by atoms with Crippen molar-refractivity contribution >= 4 is 21.6 Å². The van der Waals surface area contributed by atoms with Crippen LogP contribution in [0.1, 0.15) is 16.2 Å². The van der Waals surface area contributed by atoms with E-state index in [1.165, 1.54) is 18.2 Å². The van der Waals surface area contributed by atoms with Crippen LogP contribution in [-0.2, 0) is 16.6 Å². The predicted octanol–water partition coefficient (Wildman–Crippen LogP) is -0.771. The summed E-state index contributed by atoms with van der Waals surface area (Å²) in [6, 6.07) is 3.68. The van der Waals surface area contributed by atoms with Crippen molar-refractivity contribution in [3.63, 3.8) is 0 Å². The minimum absolute atomic E-state index is 0.0816. The molecule has 0 saturated carbocycles. The first-order valence-corrected chi connectivity index (χ1v) is 6.83. The van der Waals surface area contributed by atoms with Gasteiger partial charge in [-0.25, -0.2) is 13.1 Å². The van der Waals surface area contributed by atoms with E-state index >= 15 is 0 Å². The van der Waals surface area contributed by atoms with Crippen LogP contribution >= 0.6 is 0 Å². The summed E-state index contributed by atoms with van der Waals surface area (Å²) in [5.41, 5.74) is 10.7. The number of carbonyl (C=O) groups excluding carboxylic acids is 1. The summed E-state index contributed by atoms with van der Waals surface area (Å²) in [6.45, 7) is -0.143. The second-order valence-electron chi connectivity index (χ2n) is 3.79. The highest BCUT2D eigenvalue weighted by Gasteiger charge is 2.19. The number of rotatable bonds is 5. The van der Waals surface area contributed by atoms with Gasteiger partial charge in [0.05, 0.1) is 12.2 Å². The lowest BCUT2D eigenvalue weighted by atomic mass is 10.2. The van der Waals surface area contributed by atoms with Gasteiger partial charge in [0.2, 0.25) is 22.3 Å². The number of primary amides is 1. The third-order valence-electron chi connectivity index (χ3n) is 2.41. The van der Waals surface area contributed by atoms with Crippen molar-refractivity contribution in [1.82, 2.24) is 14.9 Å². The number of nitrogens with zero attached hydrogens (tertiary/aromatic N) is 2. The maximum absolute atomic E-state index is 12.0. The fourth-order valence-electron chi connectivity index (χ4n) is 1.45. The van der Waals surface area contributed by atoms with Crippen molar-refractivity contribution < 1.29 is 17.7 Å². The number of nitrogens with one attached hydrogen (secondary N) is 1. The number of benzene rings is 1. The molecule has 0 spiro atoms. The maximum Gasteiger partial charge on any atom is 0.248 e. The fourth-order valence-corrected chi connectivity index (χ4v) is 2.55. The van der Waals surface area contributed by atoms with E-state index in [-0.39, 0.29) is 28.5 Å². The van der Waals surface area contributed by atoms with Crippen LogP contribution in [0.5, 0.6) is 0 Å². The average Bonchev–Trinajstić information content (AvgIpc) is 2.89. The van der Waals surface area contributed by atoms with Crippen molar-refractivity contribution in [2.24, 2.45) is 5.73 Å². The molecule has 0 aliphatic carbocycles. The second-order valence-corrected chi connectivity index (χ2v) is 5.52. The molecule has 9 nitrogen and oxygen atoms in total. The molecule has 20 heavy (non-hydrogen) atoms. The van der Waals surface area contributed by atoms with Gasteiger partial charge in [-0.05, 0) is 18.2 Å². The highest BCUT2D eigenvalue weighted by atomic mass is 32.2. The van der Waals surface area contributed by atoms with Crippen LogP contribution in [0, 0.1) is 0 Å². The quantitative estimate of drug-likeness (QED) is 0.612. The Bertz CT molecular complexity index is 726. The van der Waals surface area contributed by atoms with Gasteiger partial charge < -0.3 is 16.0 Å². The average molecular weight is 297 g/mol. The van der Waals surface area contributed by atoms with E-state index in [2.05, 4.69) is 19.4 Å². The standard InChI is InChI=1S/C10H11N5O4S/c11-7-3-6(10(12)16)1-2-8(7)20(17,18)14-4-9-13-5-19-15-9/h1-3,5,14H,4,11H2,(H2,12,16). The molecule has 0 fully saturated rings. The Balaban J connectivity index is 2.23. The molecule has 0 saturated heterocycles. The van der Waals surface area contributed by atoms with Crippen molar-refractivity contribution in [3.8, 4) is 0 Å². The minimum atomic E-state index is -3.86. The number of carbonyl (C=O) groups is 1. The van der Waals surface area contributed by atoms with Gasteiger partial charge in [-0.3, -0.25) is 4.79 Å². The van der Waals surface area contributed by atoms with Gasteiger partial charge in [0, 0.05) is 5.56 Å². The molecule has 0 aliphatic heterocycles. The summed E-state index contributed by atoms with van der Waals surface area (Å²) < 4.78 is 30.8. The Kier molecular flexibility index (Phi) is 3.68. The van der Waals surface area contributed by atoms with Gasteiger partial charge in [-0.2, -0.15) is 4.98 Å².